The van der Waals surface area contributed by atoms with Gasteiger partial charge in [0.2, 0.25) is 0 Å². The fraction of sp³-hybridized carbons (Fsp3) is 0.571. The highest BCUT2D eigenvalue weighted by molar-refractivity contribution is 9.10. The van der Waals surface area contributed by atoms with E-state index >= 15 is 0 Å². The summed E-state index contributed by atoms with van der Waals surface area (Å²) in [6, 6.07) is 6.49. The van der Waals surface area contributed by atoms with E-state index in [4.69, 9.17) is 5.11 Å². The molecule has 0 bridgehead atoms. The van der Waals surface area contributed by atoms with E-state index in [1.807, 2.05) is 0 Å². The number of halogens is 1. The monoisotopic (exact) mass is 297 g/mol. The van der Waals surface area contributed by atoms with E-state index in [1.54, 1.807) is 0 Å². The van der Waals surface area contributed by atoms with E-state index in [9.17, 15) is 0 Å². The second-order valence-corrected chi connectivity index (χ2v) is 5.79. The maximum atomic E-state index is 8.96. The van der Waals surface area contributed by atoms with Crippen molar-refractivity contribution in [1.29, 1.82) is 0 Å². The first-order valence-electron chi connectivity index (χ1n) is 6.32. The molecule has 1 aromatic carbocycles. The summed E-state index contributed by atoms with van der Waals surface area (Å²) in [5.41, 5.74) is 2.69. The Bertz CT molecular complexity index is 372. The Hall–Kier alpha value is -0.540. The molecule has 3 heteroatoms. The highest BCUT2D eigenvalue weighted by Gasteiger charge is 2.19. The van der Waals surface area contributed by atoms with Crippen LogP contribution in [0.1, 0.15) is 24.8 Å². The third-order valence-corrected chi connectivity index (χ3v) is 4.14. The minimum atomic E-state index is 0.335. The maximum absolute atomic E-state index is 8.96. The first-order valence-corrected chi connectivity index (χ1v) is 7.12. The Balaban J connectivity index is 2.00. The zero-order valence-electron chi connectivity index (χ0n) is 10.3. The molecular weight excluding hydrogens is 278 g/mol. The minimum absolute atomic E-state index is 0.335. The average Bonchev–Trinajstić information content (AvgIpc) is 2.31. The van der Waals surface area contributed by atoms with Crippen LogP contribution in [0.15, 0.2) is 22.7 Å². The highest BCUT2D eigenvalue weighted by atomic mass is 79.9. The summed E-state index contributed by atoms with van der Waals surface area (Å²) >= 11 is 3.50. The molecule has 94 valence electrons. The van der Waals surface area contributed by atoms with Crippen molar-refractivity contribution in [3.8, 4) is 0 Å². The van der Waals surface area contributed by atoms with Crippen molar-refractivity contribution in [2.24, 2.45) is 5.92 Å². The zero-order chi connectivity index (χ0) is 12.3. The number of hydrogen-bond donors (Lipinski definition) is 1. The molecule has 1 saturated heterocycles. The minimum Gasteiger partial charge on any atom is -0.396 e. The molecule has 0 saturated carbocycles. The predicted octanol–water partition coefficient (Wildman–Crippen LogP) is 3.36. The second kappa shape index (κ2) is 5.87. The van der Waals surface area contributed by atoms with Gasteiger partial charge in [0.05, 0.1) is 0 Å². The van der Waals surface area contributed by atoms with Gasteiger partial charge in [-0.2, -0.15) is 0 Å². The van der Waals surface area contributed by atoms with E-state index in [1.165, 1.54) is 24.1 Å². The average molecular weight is 298 g/mol. The quantitative estimate of drug-likeness (QED) is 0.925. The Morgan fingerprint density at radius 2 is 2.06 bits per heavy atom. The molecule has 1 aliphatic heterocycles. The van der Waals surface area contributed by atoms with Gasteiger partial charge in [-0.05, 0) is 55.9 Å². The number of rotatable bonds is 3. The molecule has 0 amide bonds. The van der Waals surface area contributed by atoms with E-state index in [0.717, 1.165) is 24.0 Å². The normalized spacial score (nSPS) is 17.5. The third-order valence-electron chi connectivity index (χ3n) is 3.65. The summed E-state index contributed by atoms with van der Waals surface area (Å²) in [6.45, 7) is 4.74. The molecule has 17 heavy (non-hydrogen) atoms. The molecular formula is C14H20BrNO. The standard InChI is InChI=1S/C14H20BrNO/c1-11-10-13(15)2-3-14(11)16-7-4-12(5-8-16)6-9-17/h2-3,10,12,17H,4-9H2,1H3. The van der Waals surface area contributed by atoms with Gasteiger partial charge in [0, 0.05) is 29.9 Å². The van der Waals surface area contributed by atoms with Gasteiger partial charge in [0.15, 0.2) is 0 Å². The highest BCUT2D eigenvalue weighted by Crippen LogP contribution is 2.28. The lowest BCUT2D eigenvalue weighted by Gasteiger charge is -2.34. The molecule has 0 unspecified atom stereocenters. The zero-order valence-corrected chi connectivity index (χ0v) is 11.9. The van der Waals surface area contributed by atoms with Gasteiger partial charge in [-0.25, -0.2) is 0 Å². The Morgan fingerprint density at radius 3 is 2.65 bits per heavy atom. The first kappa shape index (κ1) is 12.9. The Labute approximate surface area is 112 Å². The van der Waals surface area contributed by atoms with Crippen LogP contribution in [0, 0.1) is 12.8 Å². The van der Waals surface area contributed by atoms with Crippen LogP contribution >= 0.6 is 15.9 Å². The topological polar surface area (TPSA) is 23.5 Å². The number of aliphatic hydroxyl groups excluding tert-OH is 1. The predicted molar refractivity (Wildman–Crippen MR) is 75.5 cm³/mol. The number of piperidine rings is 1. The van der Waals surface area contributed by atoms with Crippen LogP contribution in [0.3, 0.4) is 0 Å². The van der Waals surface area contributed by atoms with Crippen LogP contribution in [0.2, 0.25) is 0 Å². The molecule has 1 heterocycles. The molecule has 0 spiro atoms. The summed E-state index contributed by atoms with van der Waals surface area (Å²) in [5.74, 6) is 0.715. The fourth-order valence-electron chi connectivity index (χ4n) is 2.62. The van der Waals surface area contributed by atoms with Crippen molar-refractivity contribution < 1.29 is 5.11 Å². The number of hydrogen-bond acceptors (Lipinski definition) is 2. The fourth-order valence-corrected chi connectivity index (χ4v) is 3.09. The summed E-state index contributed by atoms with van der Waals surface area (Å²) in [4.78, 5) is 2.47. The van der Waals surface area contributed by atoms with E-state index in [-0.39, 0.29) is 0 Å². The molecule has 0 aromatic heterocycles. The van der Waals surface area contributed by atoms with Crippen LogP contribution in [0.4, 0.5) is 5.69 Å². The molecule has 0 radical (unpaired) electrons. The van der Waals surface area contributed by atoms with E-state index in [0.29, 0.717) is 12.5 Å². The lowest BCUT2D eigenvalue weighted by Crippen LogP contribution is -2.34. The van der Waals surface area contributed by atoms with Gasteiger partial charge in [-0.1, -0.05) is 15.9 Å². The smallest absolute Gasteiger partial charge is 0.0433 e. The molecule has 2 rings (SSSR count). The van der Waals surface area contributed by atoms with Crippen LogP contribution < -0.4 is 4.90 Å². The first-order chi connectivity index (χ1) is 8.20. The molecule has 0 atom stereocenters. The molecule has 2 nitrogen and oxygen atoms in total. The maximum Gasteiger partial charge on any atom is 0.0433 e. The van der Waals surface area contributed by atoms with Crippen molar-refractivity contribution in [2.45, 2.75) is 26.2 Å². The summed E-state index contributed by atoms with van der Waals surface area (Å²) in [5, 5.41) is 8.96. The van der Waals surface area contributed by atoms with Crippen molar-refractivity contribution in [3.63, 3.8) is 0 Å². The third kappa shape index (κ3) is 3.23. The van der Waals surface area contributed by atoms with Gasteiger partial charge in [-0.3, -0.25) is 0 Å². The van der Waals surface area contributed by atoms with Crippen LogP contribution in [0.25, 0.3) is 0 Å². The van der Waals surface area contributed by atoms with Crippen LogP contribution in [-0.4, -0.2) is 24.8 Å². The van der Waals surface area contributed by atoms with Gasteiger partial charge in [0.1, 0.15) is 0 Å². The van der Waals surface area contributed by atoms with Crippen molar-refractivity contribution in [1.82, 2.24) is 0 Å². The van der Waals surface area contributed by atoms with Crippen molar-refractivity contribution in [2.75, 3.05) is 24.6 Å². The van der Waals surface area contributed by atoms with E-state index in [2.05, 4.69) is 46.0 Å². The largest absolute Gasteiger partial charge is 0.396 e. The van der Waals surface area contributed by atoms with Gasteiger partial charge in [-0.15, -0.1) is 0 Å². The Kier molecular flexibility index (Phi) is 4.46. The number of anilines is 1. The van der Waals surface area contributed by atoms with Crippen LogP contribution in [0.5, 0.6) is 0 Å². The molecule has 0 aliphatic carbocycles. The number of aliphatic hydroxyl groups is 1. The summed E-state index contributed by atoms with van der Waals surface area (Å²) in [7, 11) is 0. The van der Waals surface area contributed by atoms with Gasteiger partial charge >= 0.3 is 0 Å². The van der Waals surface area contributed by atoms with Crippen molar-refractivity contribution in [3.05, 3.63) is 28.2 Å². The van der Waals surface area contributed by atoms with E-state index < -0.39 is 0 Å². The lowest BCUT2D eigenvalue weighted by molar-refractivity contribution is 0.240. The number of nitrogens with zero attached hydrogens (tertiary/aromatic N) is 1. The van der Waals surface area contributed by atoms with Gasteiger partial charge in [0.25, 0.3) is 0 Å². The molecule has 1 N–H and O–H groups in total. The second-order valence-electron chi connectivity index (χ2n) is 4.87. The number of benzene rings is 1. The lowest BCUT2D eigenvalue weighted by atomic mass is 9.93. The number of aryl methyl sites for hydroxylation is 1. The molecule has 1 aromatic rings. The van der Waals surface area contributed by atoms with Gasteiger partial charge < -0.3 is 10.0 Å². The van der Waals surface area contributed by atoms with Crippen LogP contribution in [-0.2, 0) is 0 Å². The summed E-state index contributed by atoms with van der Waals surface area (Å²) in [6.07, 6.45) is 3.37. The molecule has 1 aliphatic rings. The summed E-state index contributed by atoms with van der Waals surface area (Å²) < 4.78 is 1.15. The van der Waals surface area contributed by atoms with Crippen molar-refractivity contribution >= 4 is 21.6 Å². The SMILES string of the molecule is Cc1cc(Br)ccc1N1CCC(CCO)CC1. The molecule has 1 fully saturated rings. The Morgan fingerprint density at radius 1 is 1.35 bits per heavy atom.